The smallest absolute Gasteiger partial charge is 0.335 e. The number of hydrogen-bond acceptors (Lipinski definition) is 5. The molecule has 0 atom stereocenters. The molecule has 0 aliphatic carbocycles. The maximum atomic E-state index is 11.0. The molecule has 0 radical (unpaired) electrons. The second-order valence-electron chi connectivity index (χ2n) is 5.18. The van der Waals surface area contributed by atoms with Gasteiger partial charge in [0, 0.05) is 6.54 Å². The number of nitrogens with one attached hydrogen (secondary N) is 1. The largest absolute Gasteiger partial charge is 0.478 e. The van der Waals surface area contributed by atoms with Crippen molar-refractivity contribution in [3.05, 3.63) is 11.3 Å². The summed E-state index contributed by atoms with van der Waals surface area (Å²) in [5, 5.41) is 11.9. The van der Waals surface area contributed by atoms with Gasteiger partial charge in [-0.3, -0.25) is 4.99 Å². The quantitative estimate of drug-likeness (QED) is 0.706. The Hall–Kier alpha value is -1.40. The monoisotopic (exact) mass is 281 g/mol. The van der Waals surface area contributed by atoms with Crippen molar-refractivity contribution in [2.75, 3.05) is 39.4 Å². The van der Waals surface area contributed by atoms with Crippen LogP contribution in [-0.2, 0) is 9.53 Å². The highest BCUT2D eigenvalue weighted by Gasteiger charge is 2.16. The summed E-state index contributed by atoms with van der Waals surface area (Å²) in [4.78, 5) is 17.4. The topological polar surface area (TPSA) is 74.2 Å². The lowest BCUT2D eigenvalue weighted by molar-refractivity contribution is -0.132. The molecule has 6 heteroatoms. The van der Waals surface area contributed by atoms with E-state index in [1.807, 2.05) is 0 Å². The van der Waals surface area contributed by atoms with E-state index in [0.29, 0.717) is 24.5 Å². The second kappa shape index (κ2) is 8.01. The van der Waals surface area contributed by atoms with Gasteiger partial charge in [0.15, 0.2) is 0 Å². The van der Waals surface area contributed by atoms with Crippen LogP contribution in [0.3, 0.4) is 0 Å². The summed E-state index contributed by atoms with van der Waals surface area (Å²) < 4.78 is 5.61. The SMILES string of the molecule is O=C(O)C1=C(COCCN2CCCCCC2)NC=NC1. The maximum Gasteiger partial charge on any atom is 0.335 e. The predicted octanol–water partition coefficient (Wildman–Crippen LogP) is 0.849. The van der Waals surface area contributed by atoms with Gasteiger partial charge < -0.3 is 20.1 Å². The van der Waals surface area contributed by atoms with Gasteiger partial charge in [0.05, 0.1) is 37.4 Å². The molecule has 0 spiro atoms. The summed E-state index contributed by atoms with van der Waals surface area (Å²) in [6.45, 7) is 4.38. The van der Waals surface area contributed by atoms with Crippen molar-refractivity contribution in [3.8, 4) is 0 Å². The highest BCUT2D eigenvalue weighted by atomic mass is 16.5. The fourth-order valence-corrected chi connectivity index (χ4v) is 2.50. The van der Waals surface area contributed by atoms with E-state index in [2.05, 4.69) is 15.2 Å². The third-order valence-corrected chi connectivity index (χ3v) is 3.70. The fourth-order valence-electron chi connectivity index (χ4n) is 2.50. The molecule has 20 heavy (non-hydrogen) atoms. The second-order valence-corrected chi connectivity index (χ2v) is 5.18. The van der Waals surface area contributed by atoms with Crippen molar-refractivity contribution < 1.29 is 14.6 Å². The molecule has 2 heterocycles. The molecule has 112 valence electrons. The van der Waals surface area contributed by atoms with Crippen molar-refractivity contribution in [2.45, 2.75) is 25.7 Å². The zero-order chi connectivity index (χ0) is 14.2. The molecule has 2 N–H and O–H groups in total. The van der Waals surface area contributed by atoms with E-state index in [0.717, 1.165) is 19.6 Å². The van der Waals surface area contributed by atoms with Gasteiger partial charge >= 0.3 is 5.97 Å². The summed E-state index contributed by atoms with van der Waals surface area (Å²) in [5.41, 5.74) is 0.908. The lowest BCUT2D eigenvalue weighted by Gasteiger charge is -2.20. The molecule has 2 aliphatic rings. The van der Waals surface area contributed by atoms with Crippen LogP contribution in [0.5, 0.6) is 0 Å². The standard InChI is InChI=1S/C14H23N3O3/c18-14(19)12-9-15-11-16-13(12)10-20-8-7-17-5-3-1-2-4-6-17/h11H,1-10H2,(H,15,16)(H,18,19). The van der Waals surface area contributed by atoms with Crippen molar-refractivity contribution in [2.24, 2.45) is 4.99 Å². The predicted molar refractivity (Wildman–Crippen MR) is 76.9 cm³/mol. The number of nitrogens with zero attached hydrogens (tertiary/aromatic N) is 2. The first kappa shape index (κ1) is 15.0. The minimum Gasteiger partial charge on any atom is -0.478 e. The fraction of sp³-hybridized carbons (Fsp3) is 0.714. The van der Waals surface area contributed by atoms with Crippen LogP contribution in [0, 0.1) is 0 Å². The maximum absolute atomic E-state index is 11.0. The van der Waals surface area contributed by atoms with Crippen LogP contribution in [0.2, 0.25) is 0 Å². The molecule has 2 rings (SSSR count). The van der Waals surface area contributed by atoms with Gasteiger partial charge in [0.1, 0.15) is 0 Å². The Kier molecular flexibility index (Phi) is 6.01. The number of carboxylic acid groups (broad SMARTS) is 1. The van der Waals surface area contributed by atoms with Gasteiger partial charge in [-0.15, -0.1) is 0 Å². The van der Waals surface area contributed by atoms with E-state index >= 15 is 0 Å². The lowest BCUT2D eigenvalue weighted by Crippen LogP contribution is -2.30. The molecular formula is C14H23N3O3. The Labute approximate surface area is 119 Å². The third-order valence-electron chi connectivity index (χ3n) is 3.70. The number of hydrogen-bond donors (Lipinski definition) is 2. The van der Waals surface area contributed by atoms with E-state index < -0.39 is 5.97 Å². The molecule has 0 aromatic heterocycles. The minimum atomic E-state index is -0.930. The summed E-state index contributed by atoms with van der Waals surface area (Å²) in [6, 6.07) is 0. The number of ether oxygens (including phenoxy) is 1. The Morgan fingerprint density at radius 1 is 1.35 bits per heavy atom. The van der Waals surface area contributed by atoms with Crippen LogP contribution in [-0.4, -0.2) is 61.7 Å². The number of aliphatic imine (C=N–C) groups is 1. The van der Waals surface area contributed by atoms with Gasteiger partial charge in [0.25, 0.3) is 0 Å². The van der Waals surface area contributed by atoms with E-state index in [9.17, 15) is 4.79 Å². The molecule has 0 aromatic carbocycles. The number of aliphatic carboxylic acids is 1. The minimum absolute atomic E-state index is 0.215. The highest BCUT2D eigenvalue weighted by molar-refractivity contribution is 5.89. The van der Waals surface area contributed by atoms with Crippen molar-refractivity contribution >= 4 is 12.3 Å². The molecule has 0 saturated carbocycles. The number of likely N-dealkylation sites (tertiary alicyclic amines) is 1. The average Bonchev–Trinajstić information content (AvgIpc) is 2.72. The normalized spacial score (nSPS) is 20.6. The molecule has 0 amide bonds. The Morgan fingerprint density at radius 2 is 2.10 bits per heavy atom. The van der Waals surface area contributed by atoms with Crippen LogP contribution in [0.1, 0.15) is 25.7 Å². The first-order valence-corrected chi connectivity index (χ1v) is 7.27. The number of carbonyl (C=O) groups is 1. The van der Waals surface area contributed by atoms with Crippen LogP contribution < -0.4 is 5.32 Å². The van der Waals surface area contributed by atoms with Crippen molar-refractivity contribution in [1.82, 2.24) is 10.2 Å². The molecule has 0 unspecified atom stereocenters. The average molecular weight is 281 g/mol. The van der Waals surface area contributed by atoms with Crippen molar-refractivity contribution in [1.29, 1.82) is 0 Å². The molecule has 0 aromatic rings. The van der Waals surface area contributed by atoms with Gasteiger partial charge in [-0.2, -0.15) is 0 Å². The zero-order valence-electron chi connectivity index (χ0n) is 11.8. The third kappa shape index (κ3) is 4.61. The molecule has 6 nitrogen and oxygen atoms in total. The first-order chi connectivity index (χ1) is 9.77. The summed E-state index contributed by atoms with van der Waals surface area (Å²) in [5.74, 6) is -0.930. The molecule has 1 saturated heterocycles. The van der Waals surface area contributed by atoms with E-state index in [-0.39, 0.29) is 6.54 Å². The van der Waals surface area contributed by atoms with Crippen LogP contribution >= 0.6 is 0 Å². The van der Waals surface area contributed by atoms with Crippen LogP contribution in [0.4, 0.5) is 0 Å². The van der Waals surface area contributed by atoms with Crippen molar-refractivity contribution in [3.63, 3.8) is 0 Å². The van der Waals surface area contributed by atoms with Crippen LogP contribution in [0.15, 0.2) is 16.3 Å². The van der Waals surface area contributed by atoms with E-state index in [1.54, 1.807) is 0 Å². The van der Waals surface area contributed by atoms with Gasteiger partial charge in [0.2, 0.25) is 0 Å². The van der Waals surface area contributed by atoms with E-state index in [4.69, 9.17) is 9.84 Å². The van der Waals surface area contributed by atoms with E-state index in [1.165, 1.54) is 32.0 Å². The lowest BCUT2D eigenvalue weighted by atomic mass is 10.2. The van der Waals surface area contributed by atoms with Gasteiger partial charge in [-0.1, -0.05) is 12.8 Å². The van der Waals surface area contributed by atoms with Crippen LogP contribution in [0.25, 0.3) is 0 Å². The Morgan fingerprint density at radius 3 is 2.80 bits per heavy atom. The first-order valence-electron chi connectivity index (χ1n) is 7.27. The molecule has 0 bridgehead atoms. The summed E-state index contributed by atoms with van der Waals surface area (Å²) in [7, 11) is 0. The molecule has 2 aliphatic heterocycles. The van der Waals surface area contributed by atoms with Gasteiger partial charge in [-0.05, 0) is 25.9 Å². The number of rotatable bonds is 6. The molecular weight excluding hydrogens is 258 g/mol. The van der Waals surface area contributed by atoms with Gasteiger partial charge in [-0.25, -0.2) is 4.79 Å². The molecule has 1 fully saturated rings. The zero-order valence-corrected chi connectivity index (χ0v) is 11.8. The summed E-state index contributed by atoms with van der Waals surface area (Å²) in [6.07, 6.45) is 6.73. The number of carboxylic acids is 1. The Bertz CT molecular complexity index is 385. The highest BCUT2D eigenvalue weighted by Crippen LogP contribution is 2.10. The Balaban J connectivity index is 1.70. The summed E-state index contributed by atoms with van der Waals surface area (Å²) >= 11 is 0.